The second kappa shape index (κ2) is 8.48. The summed E-state index contributed by atoms with van der Waals surface area (Å²) in [4.78, 5) is 19.9. The zero-order chi connectivity index (χ0) is 20.2. The molecule has 1 aliphatic heterocycles. The summed E-state index contributed by atoms with van der Waals surface area (Å²) in [6, 6.07) is 22.3. The molecule has 4 heteroatoms. The van der Waals surface area contributed by atoms with Gasteiger partial charge in [-0.25, -0.2) is 0 Å². The number of aromatic nitrogens is 1. The Morgan fingerprint density at radius 1 is 1.07 bits per heavy atom. The topological polar surface area (TPSA) is 42.4 Å². The molecule has 1 atom stereocenters. The molecule has 4 rings (SSSR count). The van der Waals surface area contributed by atoms with Crippen LogP contribution >= 0.6 is 0 Å². The van der Waals surface area contributed by atoms with Gasteiger partial charge in [0.15, 0.2) is 0 Å². The first-order chi connectivity index (χ1) is 14.2. The van der Waals surface area contributed by atoms with Gasteiger partial charge >= 0.3 is 0 Å². The maximum atomic E-state index is 13.1. The summed E-state index contributed by atoms with van der Waals surface area (Å²) < 4.78 is 5.42. The SMILES string of the molecule is COc1ccccc1CC(=O)N1CCC[C@@H]1c1cc(-c2ccccc2)cc(C)n1. The Kier molecular flexibility index (Phi) is 5.61. The molecule has 0 spiro atoms. The first kappa shape index (κ1) is 19.2. The largest absolute Gasteiger partial charge is 0.496 e. The number of benzene rings is 2. The molecule has 0 bridgehead atoms. The van der Waals surface area contributed by atoms with Crippen LogP contribution in [-0.2, 0) is 11.2 Å². The molecule has 0 unspecified atom stereocenters. The fourth-order valence-electron chi connectivity index (χ4n) is 4.15. The molecular weight excluding hydrogens is 360 g/mol. The smallest absolute Gasteiger partial charge is 0.227 e. The summed E-state index contributed by atoms with van der Waals surface area (Å²) in [5.74, 6) is 0.887. The summed E-state index contributed by atoms with van der Waals surface area (Å²) in [6.45, 7) is 2.79. The Morgan fingerprint density at radius 2 is 1.83 bits per heavy atom. The monoisotopic (exact) mass is 386 g/mol. The minimum absolute atomic E-state index is 0.0274. The van der Waals surface area contributed by atoms with Gasteiger partial charge in [-0.05, 0) is 49.1 Å². The fourth-order valence-corrected chi connectivity index (χ4v) is 4.15. The van der Waals surface area contributed by atoms with Crippen LogP contribution in [0.2, 0.25) is 0 Å². The van der Waals surface area contributed by atoms with Gasteiger partial charge in [0, 0.05) is 17.8 Å². The number of rotatable bonds is 5. The Balaban J connectivity index is 1.60. The molecule has 148 valence electrons. The van der Waals surface area contributed by atoms with E-state index in [1.165, 1.54) is 5.56 Å². The van der Waals surface area contributed by atoms with Crippen LogP contribution in [0.25, 0.3) is 11.1 Å². The van der Waals surface area contributed by atoms with Crippen LogP contribution in [0.5, 0.6) is 5.75 Å². The number of methoxy groups -OCH3 is 1. The minimum atomic E-state index is 0.0274. The molecule has 0 aliphatic carbocycles. The highest BCUT2D eigenvalue weighted by Gasteiger charge is 2.31. The molecule has 4 nitrogen and oxygen atoms in total. The van der Waals surface area contributed by atoms with Crippen LogP contribution < -0.4 is 4.74 Å². The fraction of sp³-hybridized carbons (Fsp3) is 0.280. The van der Waals surface area contributed by atoms with Gasteiger partial charge in [-0.3, -0.25) is 9.78 Å². The Morgan fingerprint density at radius 3 is 2.62 bits per heavy atom. The van der Waals surface area contributed by atoms with Gasteiger partial charge in [0.25, 0.3) is 0 Å². The van der Waals surface area contributed by atoms with Crippen molar-refractivity contribution in [3.05, 3.63) is 83.7 Å². The van der Waals surface area contributed by atoms with Crippen LogP contribution in [0.15, 0.2) is 66.7 Å². The first-order valence-corrected chi connectivity index (χ1v) is 10.1. The van der Waals surface area contributed by atoms with Crippen molar-refractivity contribution >= 4 is 5.91 Å². The Labute approximate surface area is 172 Å². The third-order valence-electron chi connectivity index (χ3n) is 5.53. The van der Waals surface area contributed by atoms with Crippen LogP contribution in [0.4, 0.5) is 0 Å². The van der Waals surface area contributed by atoms with Crippen LogP contribution in [0, 0.1) is 6.92 Å². The Hall–Kier alpha value is -3.14. The average Bonchev–Trinajstić information content (AvgIpc) is 3.24. The van der Waals surface area contributed by atoms with Gasteiger partial charge in [0.05, 0.1) is 25.3 Å². The number of para-hydroxylation sites is 1. The van der Waals surface area contributed by atoms with Crippen molar-refractivity contribution in [3.63, 3.8) is 0 Å². The van der Waals surface area contributed by atoms with Crippen LogP contribution in [0.1, 0.15) is 35.8 Å². The third-order valence-corrected chi connectivity index (χ3v) is 5.53. The molecule has 29 heavy (non-hydrogen) atoms. The van der Waals surface area contributed by atoms with E-state index >= 15 is 0 Å². The molecule has 0 radical (unpaired) electrons. The van der Waals surface area contributed by atoms with Crippen molar-refractivity contribution in [3.8, 4) is 16.9 Å². The second-order valence-corrected chi connectivity index (χ2v) is 7.52. The molecule has 0 N–H and O–H groups in total. The average molecular weight is 386 g/mol. The predicted octanol–water partition coefficient (Wildman–Crippen LogP) is 4.97. The van der Waals surface area contributed by atoms with Crippen molar-refractivity contribution in [2.24, 2.45) is 0 Å². The van der Waals surface area contributed by atoms with Gasteiger partial charge in [-0.1, -0.05) is 48.5 Å². The number of hydrogen-bond donors (Lipinski definition) is 0. The zero-order valence-electron chi connectivity index (χ0n) is 17.0. The highest BCUT2D eigenvalue weighted by atomic mass is 16.5. The third kappa shape index (κ3) is 4.16. The van der Waals surface area contributed by atoms with E-state index in [1.807, 2.05) is 54.3 Å². The van der Waals surface area contributed by atoms with Crippen molar-refractivity contribution < 1.29 is 9.53 Å². The number of likely N-dealkylation sites (tertiary alicyclic amines) is 1. The van der Waals surface area contributed by atoms with Gasteiger partial charge < -0.3 is 9.64 Å². The van der Waals surface area contributed by atoms with E-state index in [-0.39, 0.29) is 11.9 Å². The lowest BCUT2D eigenvalue weighted by Crippen LogP contribution is -2.32. The highest BCUT2D eigenvalue weighted by Crippen LogP contribution is 2.34. The molecule has 1 amide bonds. The van der Waals surface area contributed by atoms with E-state index in [9.17, 15) is 4.79 Å². The lowest BCUT2D eigenvalue weighted by Gasteiger charge is -2.25. The molecule has 2 aromatic carbocycles. The zero-order valence-corrected chi connectivity index (χ0v) is 17.0. The van der Waals surface area contributed by atoms with Crippen molar-refractivity contribution in [2.45, 2.75) is 32.2 Å². The first-order valence-electron chi connectivity index (χ1n) is 10.1. The maximum Gasteiger partial charge on any atom is 0.227 e. The van der Waals surface area contributed by atoms with E-state index in [2.05, 4.69) is 24.3 Å². The lowest BCUT2D eigenvalue weighted by molar-refractivity contribution is -0.131. The second-order valence-electron chi connectivity index (χ2n) is 7.52. The number of aryl methyl sites for hydroxylation is 1. The molecule has 1 aliphatic rings. The molecule has 3 aromatic rings. The van der Waals surface area contributed by atoms with E-state index in [1.54, 1.807) is 7.11 Å². The maximum absolute atomic E-state index is 13.1. The normalized spacial score (nSPS) is 16.1. The van der Waals surface area contributed by atoms with E-state index < -0.39 is 0 Å². The number of hydrogen-bond acceptors (Lipinski definition) is 3. The van der Waals surface area contributed by atoms with E-state index in [4.69, 9.17) is 9.72 Å². The van der Waals surface area contributed by atoms with Crippen molar-refractivity contribution in [2.75, 3.05) is 13.7 Å². The number of nitrogens with zero attached hydrogens (tertiary/aromatic N) is 2. The molecule has 1 fully saturated rings. The minimum Gasteiger partial charge on any atom is -0.496 e. The van der Waals surface area contributed by atoms with Gasteiger partial charge in [0.1, 0.15) is 5.75 Å². The molecule has 0 saturated carbocycles. The summed E-state index contributed by atoms with van der Waals surface area (Å²) >= 11 is 0. The molecule has 2 heterocycles. The van der Waals surface area contributed by atoms with Gasteiger partial charge in [-0.15, -0.1) is 0 Å². The predicted molar refractivity (Wildman–Crippen MR) is 115 cm³/mol. The van der Waals surface area contributed by atoms with Crippen LogP contribution in [0.3, 0.4) is 0 Å². The number of ether oxygens (including phenoxy) is 1. The molecule has 1 aromatic heterocycles. The van der Waals surface area contributed by atoms with Gasteiger partial charge in [0.2, 0.25) is 5.91 Å². The number of pyridine rings is 1. The van der Waals surface area contributed by atoms with Crippen molar-refractivity contribution in [1.29, 1.82) is 0 Å². The van der Waals surface area contributed by atoms with Crippen LogP contribution in [-0.4, -0.2) is 29.4 Å². The molecule has 1 saturated heterocycles. The number of carbonyl (C=O) groups excluding carboxylic acids is 1. The van der Waals surface area contributed by atoms with Gasteiger partial charge in [-0.2, -0.15) is 0 Å². The summed E-state index contributed by atoms with van der Waals surface area (Å²) in [6.07, 6.45) is 2.29. The van der Waals surface area contributed by atoms with E-state index in [0.29, 0.717) is 6.42 Å². The van der Waals surface area contributed by atoms with Crippen molar-refractivity contribution in [1.82, 2.24) is 9.88 Å². The Bertz CT molecular complexity index is 1000. The summed E-state index contributed by atoms with van der Waals surface area (Å²) in [7, 11) is 1.64. The summed E-state index contributed by atoms with van der Waals surface area (Å²) in [5, 5.41) is 0. The summed E-state index contributed by atoms with van der Waals surface area (Å²) in [5.41, 5.74) is 5.20. The molecular formula is C25H26N2O2. The standard InChI is InChI=1S/C25H26N2O2/c1-18-15-21(19-9-4-3-5-10-19)16-22(26-18)23-12-8-14-27(23)25(28)17-20-11-6-7-13-24(20)29-2/h3-7,9-11,13,15-16,23H,8,12,14,17H2,1-2H3/t23-/m1/s1. The number of amides is 1. The highest BCUT2D eigenvalue weighted by molar-refractivity contribution is 5.80. The number of carbonyl (C=O) groups is 1. The van der Waals surface area contributed by atoms with E-state index in [0.717, 1.165) is 47.7 Å². The quantitative estimate of drug-likeness (QED) is 0.622. The lowest BCUT2D eigenvalue weighted by atomic mass is 10.0.